The summed E-state index contributed by atoms with van der Waals surface area (Å²) >= 11 is 4.83. The van der Waals surface area contributed by atoms with Crippen molar-refractivity contribution in [1.29, 1.82) is 0 Å². The molecule has 2 rings (SSSR count). The molecule has 4 N–H and O–H groups in total. The lowest BCUT2D eigenvalue weighted by Crippen LogP contribution is -2.10. The van der Waals surface area contributed by atoms with E-state index in [1.165, 1.54) is 17.8 Å². The quantitative estimate of drug-likeness (QED) is 0.741. The zero-order valence-corrected chi connectivity index (χ0v) is 12.6. The second-order valence-electron chi connectivity index (χ2n) is 3.86. The third kappa shape index (κ3) is 3.82. The van der Waals surface area contributed by atoms with Gasteiger partial charge in [0.05, 0.1) is 0 Å². The van der Waals surface area contributed by atoms with Crippen LogP contribution in [0, 0.1) is 0 Å². The molecule has 0 bridgehead atoms. The molecule has 0 atom stereocenters. The first-order valence-corrected chi connectivity index (χ1v) is 7.17. The van der Waals surface area contributed by atoms with Crippen molar-refractivity contribution in [1.82, 2.24) is 15.3 Å². The molecule has 1 heterocycles. The number of nitrogens with zero attached hydrogens (tertiary/aromatic N) is 1. The Morgan fingerprint density at radius 1 is 1.47 bits per heavy atom. The summed E-state index contributed by atoms with van der Waals surface area (Å²) in [6.07, 6.45) is 0. The summed E-state index contributed by atoms with van der Waals surface area (Å²) in [5.74, 6) is 0.221. The van der Waals surface area contributed by atoms with Gasteiger partial charge in [-0.2, -0.15) is 0 Å². The number of aromatic nitrogens is 2. The highest BCUT2D eigenvalue weighted by molar-refractivity contribution is 9.10. The van der Waals surface area contributed by atoms with Crippen LogP contribution in [0.3, 0.4) is 0 Å². The molecular formula is C12H13BrN4OS. The molecule has 19 heavy (non-hydrogen) atoms. The first kappa shape index (κ1) is 14.1. The first-order chi connectivity index (χ1) is 9.08. The highest BCUT2D eigenvalue weighted by Gasteiger charge is 2.07. The lowest BCUT2D eigenvalue weighted by atomic mass is 10.2. The smallest absolute Gasteiger partial charge is 0.253 e. The number of anilines is 1. The van der Waals surface area contributed by atoms with Crippen LogP contribution in [0.4, 0.5) is 5.82 Å². The Labute approximate surface area is 123 Å². The van der Waals surface area contributed by atoms with Gasteiger partial charge in [0, 0.05) is 22.0 Å². The van der Waals surface area contributed by atoms with E-state index < -0.39 is 0 Å². The summed E-state index contributed by atoms with van der Waals surface area (Å²) in [7, 11) is 1.88. The lowest BCUT2D eigenvalue weighted by molar-refractivity contribution is 0.801. The number of benzene rings is 1. The van der Waals surface area contributed by atoms with E-state index in [0.717, 1.165) is 21.5 Å². The third-order valence-corrected chi connectivity index (χ3v) is 3.83. The summed E-state index contributed by atoms with van der Waals surface area (Å²) in [6.45, 7) is 0.730. The van der Waals surface area contributed by atoms with Crippen LogP contribution < -0.4 is 16.6 Å². The molecule has 5 nitrogen and oxygen atoms in total. The zero-order valence-electron chi connectivity index (χ0n) is 10.2. The summed E-state index contributed by atoms with van der Waals surface area (Å²) in [5.41, 5.74) is 6.44. The molecule has 0 amide bonds. The van der Waals surface area contributed by atoms with Crippen molar-refractivity contribution in [2.75, 3.05) is 12.8 Å². The molecule has 0 fully saturated rings. The van der Waals surface area contributed by atoms with Crippen LogP contribution in [0.25, 0.3) is 0 Å². The van der Waals surface area contributed by atoms with Gasteiger partial charge in [0.15, 0.2) is 5.16 Å². The number of aromatic amines is 1. The molecule has 0 saturated heterocycles. The lowest BCUT2D eigenvalue weighted by Gasteiger charge is -2.09. The maximum Gasteiger partial charge on any atom is 0.253 e. The van der Waals surface area contributed by atoms with Gasteiger partial charge in [0.1, 0.15) is 5.82 Å². The van der Waals surface area contributed by atoms with Gasteiger partial charge in [-0.05, 0) is 30.8 Å². The molecule has 0 saturated carbocycles. The number of nitrogens with one attached hydrogen (secondary N) is 2. The second-order valence-corrected chi connectivity index (χ2v) is 5.81. The van der Waals surface area contributed by atoms with Crippen LogP contribution in [0.15, 0.2) is 43.6 Å². The van der Waals surface area contributed by atoms with E-state index in [2.05, 4.69) is 31.2 Å². The minimum Gasteiger partial charge on any atom is -0.383 e. The normalized spacial score (nSPS) is 10.6. The van der Waals surface area contributed by atoms with Gasteiger partial charge in [-0.25, -0.2) is 4.98 Å². The first-order valence-electron chi connectivity index (χ1n) is 5.56. The number of hydrogen-bond acceptors (Lipinski definition) is 5. The van der Waals surface area contributed by atoms with Gasteiger partial charge in [0.25, 0.3) is 5.56 Å². The molecule has 0 radical (unpaired) electrons. The maximum atomic E-state index is 11.4. The van der Waals surface area contributed by atoms with Crippen LogP contribution in [0.2, 0.25) is 0 Å². The highest BCUT2D eigenvalue weighted by atomic mass is 79.9. The Balaban J connectivity index is 2.34. The number of rotatable bonds is 4. The van der Waals surface area contributed by atoms with Crippen LogP contribution in [0.5, 0.6) is 0 Å². The SMILES string of the molecule is CNCc1cc(Br)ccc1Sc1nc(N)cc(=O)[nH]1. The van der Waals surface area contributed by atoms with E-state index in [4.69, 9.17) is 5.73 Å². The van der Waals surface area contributed by atoms with Crippen LogP contribution in [-0.4, -0.2) is 17.0 Å². The molecule has 100 valence electrons. The fourth-order valence-corrected chi connectivity index (χ4v) is 2.90. The molecular weight excluding hydrogens is 328 g/mol. The van der Waals surface area contributed by atoms with E-state index in [9.17, 15) is 4.79 Å². The third-order valence-electron chi connectivity index (χ3n) is 2.34. The molecule has 2 aromatic rings. The van der Waals surface area contributed by atoms with Crippen molar-refractivity contribution in [3.8, 4) is 0 Å². The Bertz CT molecular complexity index is 644. The van der Waals surface area contributed by atoms with Crippen LogP contribution in [0.1, 0.15) is 5.56 Å². The molecule has 0 spiro atoms. The van der Waals surface area contributed by atoms with Crippen LogP contribution >= 0.6 is 27.7 Å². The molecule has 7 heteroatoms. The van der Waals surface area contributed by atoms with Gasteiger partial charge in [-0.1, -0.05) is 27.7 Å². The number of halogens is 1. The Hall–Kier alpha value is -1.31. The minimum absolute atomic E-state index is 0.221. The minimum atomic E-state index is -0.248. The summed E-state index contributed by atoms with van der Waals surface area (Å²) in [6, 6.07) is 7.22. The standard InChI is InChI=1S/C12H13BrN4OS/c1-15-6-7-4-8(13)2-3-9(7)19-12-16-10(14)5-11(18)17-12/h2-5,15H,6H2,1H3,(H3,14,16,17,18). The Kier molecular flexibility index (Phi) is 4.62. The Morgan fingerprint density at radius 2 is 2.26 bits per heavy atom. The van der Waals surface area contributed by atoms with E-state index in [1.807, 2.05) is 25.2 Å². The Morgan fingerprint density at radius 3 is 2.95 bits per heavy atom. The van der Waals surface area contributed by atoms with Crippen molar-refractivity contribution in [3.63, 3.8) is 0 Å². The topological polar surface area (TPSA) is 83.8 Å². The van der Waals surface area contributed by atoms with E-state index in [1.54, 1.807) is 0 Å². The molecule has 0 aliphatic carbocycles. The summed E-state index contributed by atoms with van der Waals surface area (Å²) in [5, 5.41) is 3.60. The largest absolute Gasteiger partial charge is 0.383 e. The molecule has 0 unspecified atom stereocenters. The van der Waals surface area contributed by atoms with Gasteiger partial charge < -0.3 is 16.0 Å². The molecule has 0 aliphatic heterocycles. The number of nitrogens with two attached hydrogens (primary N) is 1. The van der Waals surface area contributed by atoms with Crippen molar-refractivity contribution < 1.29 is 0 Å². The number of H-pyrrole nitrogens is 1. The predicted molar refractivity (Wildman–Crippen MR) is 80.3 cm³/mol. The summed E-state index contributed by atoms with van der Waals surface area (Å²) in [4.78, 5) is 19.1. The monoisotopic (exact) mass is 340 g/mol. The maximum absolute atomic E-state index is 11.4. The molecule has 1 aromatic heterocycles. The fraction of sp³-hybridized carbons (Fsp3) is 0.167. The average molecular weight is 341 g/mol. The molecule has 1 aromatic carbocycles. The number of hydrogen-bond donors (Lipinski definition) is 3. The highest BCUT2D eigenvalue weighted by Crippen LogP contribution is 2.29. The van der Waals surface area contributed by atoms with Gasteiger partial charge in [-0.3, -0.25) is 4.79 Å². The van der Waals surface area contributed by atoms with Crippen LogP contribution in [-0.2, 0) is 6.54 Å². The second kappa shape index (κ2) is 6.23. The fourth-order valence-electron chi connectivity index (χ4n) is 1.58. The molecule has 0 aliphatic rings. The van der Waals surface area contributed by atoms with Crippen molar-refractivity contribution in [3.05, 3.63) is 44.7 Å². The van der Waals surface area contributed by atoms with E-state index in [0.29, 0.717) is 5.16 Å². The van der Waals surface area contributed by atoms with Gasteiger partial charge in [-0.15, -0.1) is 0 Å². The zero-order chi connectivity index (χ0) is 13.8. The van der Waals surface area contributed by atoms with Crippen molar-refractivity contribution >= 4 is 33.5 Å². The number of nitrogen functional groups attached to an aromatic ring is 1. The van der Waals surface area contributed by atoms with E-state index >= 15 is 0 Å². The van der Waals surface area contributed by atoms with Crippen molar-refractivity contribution in [2.24, 2.45) is 0 Å². The van der Waals surface area contributed by atoms with Gasteiger partial charge >= 0.3 is 0 Å². The van der Waals surface area contributed by atoms with E-state index in [-0.39, 0.29) is 11.4 Å². The van der Waals surface area contributed by atoms with Crippen molar-refractivity contribution in [2.45, 2.75) is 16.6 Å². The predicted octanol–water partition coefficient (Wildman–Crippen LogP) is 1.99. The summed E-state index contributed by atoms with van der Waals surface area (Å²) < 4.78 is 1.01. The average Bonchev–Trinajstić information content (AvgIpc) is 2.32. The van der Waals surface area contributed by atoms with Gasteiger partial charge in [0.2, 0.25) is 0 Å².